The van der Waals surface area contributed by atoms with E-state index in [4.69, 9.17) is 0 Å². The summed E-state index contributed by atoms with van der Waals surface area (Å²) in [6.45, 7) is 0. The molecule has 0 spiro atoms. The van der Waals surface area contributed by atoms with Crippen LogP contribution in [0.2, 0.25) is 0 Å². The Morgan fingerprint density at radius 3 is 2.45 bits per heavy atom. The lowest BCUT2D eigenvalue weighted by atomic mass is 10.1. The van der Waals surface area contributed by atoms with Gasteiger partial charge in [-0.3, -0.25) is 9.67 Å². The summed E-state index contributed by atoms with van der Waals surface area (Å²) >= 11 is 0. The molecule has 5 heteroatoms. The molecule has 0 atom stereocenters. The van der Waals surface area contributed by atoms with Crippen molar-refractivity contribution >= 4 is 5.69 Å². The highest BCUT2D eigenvalue weighted by molar-refractivity contribution is 5.48. The Balaban J connectivity index is 1.82. The molecule has 0 amide bonds. The van der Waals surface area contributed by atoms with Crippen LogP contribution in [0.1, 0.15) is 11.4 Å². The van der Waals surface area contributed by atoms with Gasteiger partial charge in [-0.1, -0.05) is 18.2 Å². The summed E-state index contributed by atoms with van der Waals surface area (Å²) in [6.07, 6.45) is 2.51. The number of hydrogen-bond acceptors (Lipinski definition) is 4. The summed E-state index contributed by atoms with van der Waals surface area (Å²) in [5.41, 5.74) is 3.21. The molecule has 0 aliphatic carbocycles. The van der Waals surface area contributed by atoms with Crippen LogP contribution in [-0.2, 0) is 13.5 Å². The number of rotatable bonds is 4. The van der Waals surface area contributed by atoms with Crippen molar-refractivity contribution in [1.29, 1.82) is 0 Å². The molecule has 0 fully saturated rings. The molecule has 0 radical (unpaired) electrons. The molecular weight excluding hydrogens is 274 g/mol. The maximum absolute atomic E-state index is 4.61. The zero-order valence-corrected chi connectivity index (χ0v) is 13.1. The molecule has 0 unspecified atom stereocenters. The van der Waals surface area contributed by atoms with Gasteiger partial charge in [-0.25, -0.2) is 4.98 Å². The zero-order chi connectivity index (χ0) is 15.5. The molecule has 2 aromatic heterocycles. The first-order valence-corrected chi connectivity index (χ1v) is 7.21. The van der Waals surface area contributed by atoms with Gasteiger partial charge in [0.1, 0.15) is 11.5 Å². The lowest BCUT2D eigenvalue weighted by Crippen LogP contribution is -2.08. The van der Waals surface area contributed by atoms with E-state index in [0.29, 0.717) is 5.82 Å². The largest absolute Gasteiger partial charge is 0.378 e. The second kappa shape index (κ2) is 5.97. The van der Waals surface area contributed by atoms with Crippen molar-refractivity contribution in [2.45, 2.75) is 6.42 Å². The summed E-state index contributed by atoms with van der Waals surface area (Å²) in [4.78, 5) is 11.0. The molecule has 0 bridgehead atoms. The standard InChI is InChI=1S/C17H19N5/c1-21(2)14-9-7-13(8-10-14)12-16-19-17(20-22(16)3)15-6-4-5-11-18-15/h4-11H,12H2,1-3H3. The van der Waals surface area contributed by atoms with E-state index >= 15 is 0 Å². The quantitative estimate of drug-likeness (QED) is 0.741. The fourth-order valence-corrected chi connectivity index (χ4v) is 2.27. The molecule has 0 aliphatic rings. The Labute approximate surface area is 130 Å². The van der Waals surface area contributed by atoms with E-state index in [2.05, 4.69) is 44.2 Å². The Bertz CT molecular complexity index is 744. The van der Waals surface area contributed by atoms with E-state index in [1.165, 1.54) is 11.3 Å². The third kappa shape index (κ3) is 2.98. The molecule has 0 N–H and O–H groups in total. The third-order valence-electron chi connectivity index (χ3n) is 3.56. The summed E-state index contributed by atoms with van der Waals surface area (Å²) in [5, 5.41) is 4.46. The first kappa shape index (κ1) is 14.3. The second-order valence-corrected chi connectivity index (χ2v) is 5.43. The lowest BCUT2D eigenvalue weighted by Gasteiger charge is -2.12. The Morgan fingerprint density at radius 2 is 1.82 bits per heavy atom. The van der Waals surface area contributed by atoms with Gasteiger partial charge in [-0.15, -0.1) is 5.10 Å². The van der Waals surface area contributed by atoms with Crippen LogP contribution in [0.3, 0.4) is 0 Å². The van der Waals surface area contributed by atoms with Gasteiger partial charge in [-0.2, -0.15) is 0 Å². The summed E-state index contributed by atoms with van der Waals surface area (Å²) in [5.74, 6) is 1.60. The monoisotopic (exact) mass is 293 g/mol. The summed E-state index contributed by atoms with van der Waals surface area (Å²) in [7, 11) is 6.00. The normalized spacial score (nSPS) is 10.7. The first-order valence-electron chi connectivity index (χ1n) is 7.21. The van der Waals surface area contributed by atoms with E-state index in [-0.39, 0.29) is 0 Å². The van der Waals surface area contributed by atoms with Crippen molar-refractivity contribution in [1.82, 2.24) is 19.7 Å². The van der Waals surface area contributed by atoms with Crippen LogP contribution in [0.4, 0.5) is 5.69 Å². The van der Waals surface area contributed by atoms with Gasteiger partial charge >= 0.3 is 0 Å². The van der Waals surface area contributed by atoms with Gasteiger partial charge < -0.3 is 4.90 Å². The molecule has 3 aromatic rings. The zero-order valence-electron chi connectivity index (χ0n) is 13.1. The van der Waals surface area contributed by atoms with Crippen LogP contribution < -0.4 is 4.90 Å². The summed E-state index contributed by atoms with van der Waals surface area (Å²) < 4.78 is 1.82. The summed E-state index contributed by atoms with van der Waals surface area (Å²) in [6, 6.07) is 14.2. The van der Waals surface area contributed by atoms with Gasteiger partial charge in [0.2, 0.25) is 0 Å². The molecule has 112 valence electrons. The van der Waals surface area contributed by atoms with Gasteiger partial charge in [0.25, 0.3) is 0 Å². The fraction of sp³-hybridized carbons (Fsp3) is 0.235. The van der Waals surface area contributed by atoms with E-state index in [9.17, 15) is 0 Å². The minimum atomic E-state index is 0.669. The van der Waals surface area contributed by atoms with Crippen LogP contribution in [0.15, 0.2) is 48.7 Å². The fourth-order valence-electron chi connectivity index (χ4n) is 2.27. The lowest BCUT2D eigenvalue weighted by molar-refractivity contribution is 0.717. The Morgan fingerprint density at radius 1 is 1.05 bits per heavy atom. The highest BCUT2D eigenvalue weighted by atomic mass is 15.3. The number of pyridine rings is 1. The number of anilines is 1. The van der Waals surface area contributed by atoms with Crippen molar-refractivity contribution < 1.29 is 0 Å². The smallest absolute Gasteiger partial charge is 0.200 e. The number of aryl methyl sites for hydroxylation is 1. The van der Waals surface area contributed by atoms with Crippen LogP contribution in [0.5, 0.6) is 0 Å². The molecule has 0 aliphatic heterocycles. The second-order valence-electron chi connectivity index (χ2n) is 5.43. The van der Waals surface area contributed by atoms with Crippen LogP contribution in [0, 0.1) is 0 Å². The number of hydrogen-bond donors (Lipinski definition) is 0. The van der Waals surface area contributed by atoms with E-state index in [1.807, 2.05) is 44.0 Å². The topological polar surface area (TPSA) is 46.8 Å². The molecular formula is C17H19N5. The highest BCUT2D eigenvalue weighted by Crippen LogP contribution is 2.16. The van der Waals surface area contributed by atoms with Crippen LogP contribution >= 0.6 is 0 Å². The van der Waals surface area contributed by atoms with Crippen molar-refractivity contribution in [3.8, 4) is 11.5 Å². The Hall–Kier alpha value is -2.69. The molecule has 3 rings (SSSR count). The molecule has 5 nitrogen and oxygen atoms in total. The van der Waals surface area contributed by atoms with Crippen molar-refractivity contribution in [3.63, 3.8) is 0 Å². The SMILES string of the molecule is CN(C)c1ccc(Cc2nc(-c3ccccn3)nn2C)cc1. The van der Waals surface area contributed by atoms with Crippen molar-refractivity contribution in [3.05, 3.63) is 60.0 Å². The predicted molar refractivity (Wildman–Crippen MR) is 87.8 cm³/mol. The van der Waals surface area contributed by atoms with E-state index < -0.39 is 0 Å². The van der Waals surface area contributed by atoms with Crippen LogP contribution in [-0.4, -0.2) is 33.8 Å². The predicted octanol–water partition coefficient (Wildman–Crippen LogP) is 2.53. The average molecular weight is 293 g/mol. The number of aromatic nitrogens is 4. The molecule has 0 saturated heterocycles. The first-order chi connectivity index (χ1) is 10.6. The number of nitrogens with zero attached hydrogens (tertiary/aromatic N) is 5. The van der Waals surface area contributed by atoms with E-state index in [1.54, 1.807) is 6.20 Å². The van der Waals surface area contributed by atoms with Gasteiger partial charge in [0, 0.05) is 39.4 Å². The molecule has 22 heavy (non-hydrogen) atoms. The average Bonchev–Trinajstić information content (AvgIpc) is 2.90. The number of benzene rings is 1. The van der Waals surface area contributed by atoms with Gasteiger partial charge in [0.05, 0.1) is 0 Å². The highest BCUT2D eigenvalue weighted by Gasteiger charge is 2.10. The molecule has 1 aromatic carbocycles. The van der Waals surface area contributed by atoms with Crippen LogP contribution in [0.25, 0.3) is 11.5 Å². The maximum Gasteiger partial charge on any atom is 0.200 e. The Kier molecular flexibility index (Phi) is 3.87. The van der Waals surface area contributed by atoms with Crippen molar-refractivity contribution in [2.75, 3.05) is 19.0 Å². The minimum absolute atomic E-state index is 0.669. The molecule has 2 heterocycles. The van der Waals surface area contributed by atoms with Crippen molar-refractivity contribution in [2.24, 2.45) is 7.05 Å². The minimum Gasteiger partial charge on any atom is -0.378 e. The van der Waals surface area contributed by atoms with E-state index in [0.717, 1.165) is 17.9 Å². The van der Waals surface area contributed by atoms with Gasteiger partial charge in [-0.05, 0) is 29.8 Å². The molecule has 0 saturated carbocycles. The van der Waals surface area contributed by atoms with Gasteiger partial charge in [0.15, 0.2) is 5.82 Å². The third-order valence-corrected chi connectivity index (χ3v) is 3.56. The maximum atomic E-state index is 4.61.